The Labute approximate surface area is 119 Å². The number of hydrogen-bond donors (Lipinski definition) is 1. The molecule has 0 spiro atoms. The monoisotopic (exact) mass is 272 g/mol. The number of aryl methyl sites for hydroxylation is 1. The van der Waals surface area contributed by atoms with Crippen LogP contribution in [0.5, 0.6) is 0 Å². The van der Waals surface area contributed by atoms with Gasteiger partial charge in [-0.05, 0) is 37.1 Å². The molecule has 0 radical (unpaired) electrons. The fraction of sp³-hybridized carbons (Fsp3) is 0.400. The van der Waals surface area contributed by atoms with Crippen molar-refractivity contribution in [1.82, 2.24) is 5.43 Å². The lowest BCUT2D eigenvalue weighted by Gasteiger charge is -2.22. The van der Waals surface area contributed by atoms with E-state index in [0.29, 0.717) is 6.42 Å². The number of hydrazone groups is 1. The van der Waals surface area contributed by atoms with Gasteiger partial charge in [-0.3, -0.25) is 4.79 Å². The molecular formula is C15H20N4O. The lowest BCUT2D eigenvalue weighted by atomic mass is 10.1. The van der Waals surface area contributed by atoms with Crippen LogP contribution in [0.15, 0.2) is 23.3 Å². The number of amides is 1. The molecule has 5 heteroatoms. The second-order valence-corrected chi connectivity index (χ2v) is 4.45. The fourth-order valence-electron chi connectivity index (χ4n) is 1.85. The Bertz CT molecular complexity index is 531. The average molecular weight is 272 g/mol. The minimum atomic E-state index is -0.191. The first kappa shape index (κ1) is 15.7. The van der Waals surface area contributed by atoms with Crippen LogP contribution < -0.4 is 10.3 Å². The maximum Gasteiger partial charge on any atom is 0.236 e. The van der Waals surface area contributed by atoms with Crippen LogP contribution in [0.1, 0.15) is 31.4 Å². The molecule has 1 N–H and O–H groups in total. The van der Waals surface area contributed by atoms with Gasteiger partial charge in [0.25, 0.3) is 0 Å². The third kappa shape index (κ3) is 4.73. The molecular weight excluding hydrogens is 252 g/mol. The fourth-order valence-corrected chi connectivity index (χ4v) is 1.85. The summed E-state index contributed by atoms with van der Waals surface area (Å²) in [5, 5.41) is 12.5. The predicted octanol–water partition coefficient (Wildman–Crippen LogP) is 2.21. The third-order valence-corrected chi connectivity index (χ3v) is 2.92. The summed E-state index contributed by atoms with van der Waals surface area (Å²) < 4.78 is 0. The number of carbonyl (C=O) groups is 1. The number of nitrogens with zero attached hydrogens (tertiary/aromatic N) is 3. The van der Waals surface area contributed by atoms with Crippen molar-refractivity contribution in [2.75, 3.05) is 18.0 Å². The van der Waals surface area contributed by atoms with E-state index in [1.807, 2.05) is 19.1 Å². The molecule has 0 heterocycles. The zero-order chi connectivity index (χ0) is 15.0. The summed E-state index contributed by atoms with van der Waals surface area (Å²) in [6, 6.07) is 8.20. The minimum absolute atomic E-state index is 0.191. The Morgan fingerprint density at radius 3 is 2.85 bits per heavy atom. The van der Waals surface area contributed by atoms with Gasteiger partial charge in [-0.15, -0.1) is 0 Å². The molecule has 0 aliphatic heterocycles. The lowest BCUT2D eigenvalue weighted by molar-refractivity contribution is -0.118. The molecule has 0 aliphatic carbocycles. The van der Waals surface area contributed by atoms with Gasteiger partial charge in [0.1, 0.15) is 0 Å². The van der Waals surface area contributed by atoms with E-state index in [9.17, 15) is 4.79 Å². The molecule has 5 nitrogen and oxygen atoms in total. The summed E-state index contributed by atoms with van der Waals surface area (Å²) in [6.07, 6.45) is 2.14. The molecule has 1 rings (SSSR count). The van der Waals surface area contributed by atoms with Gasteiger partial charge in [0.05, 0.1) is 18.7 Å². The highest BCUT2D eigenvalue weighted by Gasteiger charge is 2.05. The van der Waals surface area contributed by atoms with Crippen molar-refractivity contribution in [3.05, 3.63) is 29.3 Å². The normalized spacial score (nSPS) is 10.3. The summed E-state index contributed by atoms with van der Waals surface area (Å²) in [5.74, 6) is -0.191. The van der Waals surface area contributed by atoms with Crippen LogP contribution in [0.4, 0.5) is 5.69 Å². The molecule has 1 aromatic carbocycles. The summed E-state index contributed by atoms with van der Waals surface area (Å²) in [7, 11) is 0. The van der Waals surface area contributed by atoms with E-state index in [0.717, 1.165) is 29.9 Å². The molecule has 106 valence electrons. The highest BCUT2D eigenvalue weighted by Crippen LogP contribution is 2.18. The molecule has 1 aromatic rings. The minimum Gasteiger partial charge on any atom is -0.371 e. The van der Waals surface area contributed by atoms with E-state index < -0.39 is 0 Å². The molecule has 0 unspecified atom stereocenters. The first-order valence-corrected chi connectivity index (χ1v) is 6.60. The summed E-state index contributed by atoms with van der Waals surface area (Å²) in [6.45, 7) is 7.07. The van der Waals surface area contributed by atoms with Crippen LogP contribution in [0.3, 0.4) is 0 Å². The first-order chi connectivity index (χ1) is 9.58. The van der Waals surface area contributed by atoms with Crippen molar-refractivity contribution in [2.24, 2.45) is 5.10 Å². The molecule has 0 saturated carbocycles. The van der Waals surface area contributed by atoms with Gasteiger partial charge in [-0.1, -0.05) is 6.07 Å². The SMILES string of the molecule is CCN(CCC#N)c1ccc(/C=N\NC(C)=O)c(C)c1. The van der Waals surface area contributed by atoms with Crippen molar-refractivity contribution >= 4 is 17.8 Å². The van der Waals surface area contributed by atoms with Gasteiger partial charge in [-0.25, -0.2) is 5.43 Å². The maximum absolute atomic E-state index is 10.7. The number of nitriles is 1. The number of carbonyl (C=O) groups excluding carboxylic acids is 1. The second-order valence-electron chi connectivity index (χ2n) is 4.45. The third-order valence-electron chi connectivity index (χ3n) is 2.92. The highest BCUT2D eigenvalue weighted by molar-refractivity contribution is 5.84. The van der Waals surface area contributed by atoms with E-state index in [4.69, 9.17) is 5.26 Å². The van der Waals surface area contributed by atoms with Crippen molar-refractivity contribution in [3.8, 4) is 6.07 Å². The number of benzene rings is 1. The van der Waals surface area contributed by atoms with Gasteiger partial charge in [-0.2, -0.15) is 10.4 Å². The largest absolute Gasteiger partial charge is 0.371 e. The van der Waals surface area contributed by atoms with Crippen molar-refractivity contribution in [3.63, 3.8) is 0 Å². The van der Waals surface area contributed by atoms with Gasteiger partial charge in [0.15, 0.2) is 0 Å². The Morgan fingerprint density at radius 1 is 1.55 bits per heavy atom. The smallest absolute Gasteiger partial charge is 0.236 e. The zero-order valence-electron chi connectivity index (χ0n) is 12.2. The summed E-state index contributed by atoms with van der Waals surface area (Å²) >= 11 is 0. The Kier molecular flexibility index (Phi) is 6.24. The Morgan fingerprint density at radius 2 is 2.30 bits per heavy atom. The second kappa shape index (κ2) is 7.95. The van der Waals surface area contributed by atoms with Crippen LogP contribution >= 0.6 is 0 Å². The average Bonchev–Trinajstić information content (AvgIpc) is 2.41. The molecule has 0 aliphatic rings. The standard InChI is InChI=1S/C15H20N4O/c1-4-19(9-5-8-16)15-7-6-14(12(2)10-15)11-17-18-13(3)20/h6-7,10-11H,4-5,9H2,1-3H3,(H,18,20)/b17-11-. The van der Waals surface area contributed by atoms with Crippen LogP contribution in [0.2, 0.25) is 0 Å². The van der Waals surface area contributed by atoms with Crippen molar-refractivity contribution in [2.45, 2.75) is 27.2 Å². The van der Waals surface area contributed by atoms with E-state index in [2.05, 4.69) is 34.5 Å². The number of nitrogens with one attached hydrogen (secondary N) is 1. The first-order valence-electron chi connectivity index (χ1n) is 6.60. The molecule has 0 fully saturated rings. The summed E-state index contributed by atoms with van der Waals surface area (Å²) in [5.41, 5.74) is 5.51. The molecule has 0 atom stereocenters. The van der Waals surface area contributed by atoms with Crippen molar-refractivity contribution < 1.29 is 4.79 Å². The Balaban J connectivity index is 2.83. The number of anilines is 1. The van der Waals surface area contributed by atoms with Gasteiger partial charge < -0.3 is 4.90 Å². The van der Waals surface area contributed by atoms with E-state index in [1.54, 1.807) is 6.21 Å². The maximum atomic E-state index is 10.7. The van der Waals surface area contributed by atoms with Gasteiger partial charge in [0, 0.05) is 25.7 Å². The quantitative estimate of drug-likeness (QED) is 0.637. The number of hydrogen-bond acceptors (Lipinski definition) is 4. The molecule has 20 heavy (non-hydrogen) atoms. The van der Waals surface area contributed by atoms with Crippen LogP contribution in [-0.4, -0.2) is 25.2 Å². The van der Waals surface area contributed by atoms with Crippen LogP contribution in [-0.2, 0) is 4.79 Å². The van der Waals surface area contributed by atoms with Crippen molar-refractivity contribution in [1.29, 1.82) is 5.26 Å². The summed E-state index contributed by atoms with van der Waals surface area (Å²) in [4.78, 5) is 12.9. The van der Waals surface area contributed by atoms with Gasteiger partial charge in [0.2, 0.25) is 5.91 Å². The highest BCUT2D eigenvalue weighted by atomic mass is 16.2. The topological polar surface area (TPSA) is 68.5 Å². The lowest BCUT2D eigenvalue weighted by Crippen LogP contribution is -2.23. The van der Waals surface area contributed by atoms with Crippen LogP contribution in [0.25, 0.3) is 0 Å². The molecule has 1 amide bonds. The van der Waals surface area contributed by atoms with E-state index in [-0.39, 0.29) is 5.91 Å². The Hall–Kier alpha value is -2.35. The van der Waals surface area contributed by atoms with E-state index >= 15 is 0 Å². The molecule has 0 bridgehead atoms. The van der Waals surface area contributed by atoms with Crippen LogP contribution in [0, 0.1) is 18.3 Å². The molecule has 0 aromatic heterocycles. The number of rotatable bonds is 6. The zero-order valence-corrected chi connectivity index (χ0v) is 12.2. The van der Waals surface area contributed by atoms with E-state index in [1.165, 1.54) is 6.92 Å². The predicted molar refractivity (Wildman–Crippen MR) is 80.7 cm³/mol. The van der Waals surface area contributed by atoms with Gasteiger partial charge >= 0.3 is 0 Å². The molecule has 0 saturated heterocycles.